The Balaban J connectivity index is 2.40. The Hall–Kier alpha value is -0.920. The number of hydrogen-bond donors (Lipinski definition) is 1. The topological polar surface area (TPSA) is 74.7 Å². The molecular weight excluding hydrogens is 346 g/mol. The molecular formula is C13H16BrNO4S. The molecule has 0 aromatic heterocycles. The van der Waals surface area contributed by atoms with Gasteiger partial charge in [-0.05, 0) is 40.9 Å². The quantitative estimate of drug-likeness (QED) is 0.892. The van der Waals surface area contributed by atoms with Crippen molar-refractivity contribution >= 4 is 31.9 Å². The SMILES string of the molecule is CCC1C(C(=O)O)CCN1S(=O)(=O)c1ccccc1Br. The van der Waals surface area contributed by atoms with E-state index in [1.165, 1.54) is 10.4 Å². The maximum Gasteiger partial charge on any atom is 0.308 e. The van der Waals surface area contributed by atoms with Crippen LogP contribution in [0.3, 0.4) is 0 Å². The molecule has 1 N–H and O–H groups in total. The summed E-state index contributed by atoms with van der Waals surface area (Å²) in [4.78, 5) is 11.4. The van der Waals surface area contributed by atoms with Crippen molar-refractivity contribution in [2.24, 2.45) is 5.92 Å². The molecule has 1 aliphatic rings. The van der Waals surface area contributed by atoms with Crippen molar-refractivity contribution in [2.45, 2.75) is 30.7 Å². The Morgan fingerprint density at radius 2 is 2.10 bits per heavy atom. The number of benzene rings is 1. The average molecular weight is 362 g/mol. The highest BCUT2D eigenvalue weighted by atomic mass is 79.9. The molecule has 0 bridgehead atoms. The van der Waals surface area contributed by atoms with Crippen molar-refractivity contribution in [3.05, 3.63) is 28.7 Å². The van der Waals surface area contributed by atoms with Crippen LogP contribution < -0.4 is 0 Å². The second-order valence-electron chi connectivity index (χ2n) is 4.76. The normalized spacial score (nSPS) is 23.9. The van der Waals surface area contributed by atoms with Gasteiger partial charge in [0.15, 0.2) is 0 Å². The second kappa shape index (κ2) is 5.83. The maximum absolute atomic E-state index is 12.7. The van der Waals surface area contributed by atoms with Crippen LogP contribution in [0.1, 0.15) is 19.8 Å². The van der Waals surface area contributed by atoms with Gasteiger partial charge in [0, 0.05) is 17.1 Å². The van der Waals surface area contributed by atoms with Gasteiger partial charge in [-0.1, -0.05) is 19.1 Å². The number of rotatable bonds is 4. The molecule has 5 nitrogen and oxygen atoms in total. The molecule has 0 amide bonds. The fraction of sp³-hybridized carbons (Fsp3) is 0.462. The lowest BCUT2D eigenvalue weighted by atomic mass is 9.99. The molecule has 2 rings (SSSR count). The standard InChI is InChI=1S/C13H16BrNO4S/c1-2-11-9(13(16)17)7-8-15(11)20(18,19)12-6-4-3-5-10(12)14/h3-6,9,11H,2,7-8H2,1H3,(H,16,17). The van der Waals surface area contributed by atoms with E-state index in [1.54, 1.807) is 18.2 Å². The minimum atomic E-state index is -3.67. The van der Waals surface area contributed by atoms with Gasteiger partial charge in [0.2, 0.25) is 10.0 Å². The summed E-state index contributed by atoms with van der Waals surface area (Å²) in [7, 11) is -3.67. The Morgan fingerprint density at radius 1 is 1.45 bits per heavy atom. The van der Waals surface area contributed by atoms with Gasteiger partial charge >= 0.3 is 5.97 Å². The third-order valence-corrected chi connectivity index (χ3v) is 6.59. The van der Waals surface area contributed by atoms with E-state index in [9.17, 15) is 18.3 Å². The summed E-state index contributed by atoms with van der Waals surface area (Å²) < 4.78 is 27.2. The first-order valence-corrected chi connectivity index (χ1v) is 8.62. The molecule has 2 atom stereocenters. The zero-order valence-corrected chi connectivity index (χ0v) is 13.4. The van der Waals surface area contributed by atoms with Gasteiger partial charge in [0.1, 0.15) is 0 Å². The Labute approximate surface area is 126 Å². The predicted molar refractivity (Wildman–Crippen MR) is 77.9 cm³/mol. The number of halogens is 1. The van der Waals surface area contributed by atoms with Crippen LogP contribution in [0.25, 0.3) is 0 Å². The average Bonchev–Trinajstić information content (AvgIpc) is 2.83. The third-order valence-electron chi connectivity index (χ3n) is 3.65. The first-order chi connectivity index (χ1) is 9.39. The van der Waals surface area contributed by atoms with E-state index < -0.39 is 28.0 Å². The van der Waals surface area contributed by atoms with Crippen molar-refractivity contribution in [1.29, 1.82) is 0 Å². The van der Waals surface area contributed by atoms with Crippen LogP contribution in [-0.4, -0.2) is 36.4 Å². The van der Waals surface area contributed by atoms with Crippen LogP contribution in [0.15, 0.2) is 33.6 Å². The smallest absolute Gasteiger partial charge is 0.308 e. The van der Waals surface area contributed by atoms with Crippen molar-refractivity contribution in [1.82, 2.24) is 4.31 Å². The number of carboxylic acid groups (broad SMARTS) is 1. The van der Waals surface area contributed by atoms with E-state index in [2.05, 4.69) is 15.9 Å². The lowest BCUT2D eigenvalue weighted by molar-refractivity contribution is -0.142. The highest BCUT2D eigenvalue weighted by Crippen LogP contribution is 2.34. The molecule has 0 aliphatic carbocycles. The molecule has 0 spiro atoms. The van der Waals surface area contributed by atoms with Crippen LogP contribution in [0, 0.1) is 5.92 Å². The summed E-state index contributed by atoms with van der Waals surface area (Å²) in [6.45, 7) is 2.06. The van der Waals surface area contributed by atoms with E-state index in [4.69, 9.17) is 0 Å². The second-order valence-corrected chi connectivity index (χ2v) is 7.47. The van der Waals surface area contributed by atoms with Crippen LogP contribution >= 0.6 is 15.9 Å². The molecule has 1 heterocycles. The van der Waals surface area contributed by atoms with Crippen LogP contribution in [0.5, 0.6) is 0 Å². The van der Waals surface area contributed by atoms with Crippen molar-refractivity contribution in [3.63, 3.8) is 0 Å². The molecule has 2 unspecified atom stereocenters. The minimum Gasteiger partial charge on any atom is -0.481 e. The van der Waals surface area contributed by atoms with Gasteiger partial charge in [0.25, 0.3) is 0 Å². The fourth-order valence-corrected chi connectivity index (χ4v) is 5.39. The molecule has 7 heteroatoms. The number of aliphatic carboxylic acids is 1. The first-order valence-electron chi connectivity index (χ1n) is 6.38. The monoisotopic (exact) mass is 361 g/mol. The highest BCUT2D eigenvalue weighted by molar-refractivity contribution is 9.10. The zero-order valence-electron chi connectivity index (χ0n) is 11.0. The summed E-state index contributed by atoms with van der Waals surface area (Å²) in [5, 5.41) is 9.19. The number of carbonyl (C=O) groups is 1. The molecule has 1 aromatic rings. The first kappa shape index (κ1) is 15.5. The van der Waals surface area contributed by atoms with Gasteiger partial charge in [-0.15, -0.1) is 0 Å². The number of carboxylic acids is 1. The van der Waals surface area contributed by atoms with Gasteiger partial charge in [0.05, 0.1) is 10.8 Å². The third kappa shape index (κ3) is 2.62. The Bertz CT molecular complexity index is 617. The van der Waals surface area contributed by atoms with Crippen molar-refractivity contribution in [2.75, 3.05) is 6.54 Å². The van der Waals surface area contributed by atoms with Crippen molar-refractivity contribution < 1.29 is 18.3 Å². The molecule has 20 heavy (non-hydrogen) atoms. The molecule has 0 saturated carbocycles. The van der Waals surface area contributed by atoms with Crippen LogP contribution in [-0.2, 0) is 14.8 Å². The van der Waals surface area contributed by atoms with Crippen molar-refractivity contribution in [3.8, 4) is 0 Å². The van der Waals surface area contributed by atoms with Gasteiger partial charge in [-0.2, -0.15) is 4.31 Å². The highest BCUT2D eigenvalue weighted by Gasteiger charge is 2.44. The summed E-state index contributed by atoms with van der Waals surface area (Å²) in [5.74, 6) is -1.56. The summed E-state index contributed by atoms with van der Waals surface area (Å²) >= 11 is 3.24. The minimum absolute atomic E-state index is 0.185. The van der Waals surface area contributed by atoms with Crippen LogP contribution in [0.4, 0.5) is 0 Å². The summed E-state index contributed by atoms with van der Waals surface area (Å²) in [5.41, 5.74) is 0. The Morgan fingerprint density at radius 3 is 2.65 bits per heavy atom. The predicted octanol–water partition coefficient (Wildman–Crippen LogP) is 2.32. The molecule has 1 fully saturated rings. The van der Waals surface area contributed by atoms with Gasteiger partial charge in [-0.3, -0.25) is 4.79 Å². The summed E-state index contributed by atoms with van der Waals surface area (Å²) in [6.07, 6.45) is 0.845. The van der Waals surface area contributed by atoms with E-state index in [0.29, 0.717) is 17.3 Å². The number of nitrogens with zero attached hydrogens (tertiary/aromatic N) is 1. The largest absolute Gasteiger partial charge is 0.481 e. The van der Waals surface area contributed by atoms with E-state index in [0.717, 1.165) is 0 Å². The molecule has 1 aliphatic heterocycles. The molecule has 110 valence electrons. The zero-order chi connectivity index (χ0) is 14.9. The van der Waals surface area contributed by atoms with Gasteiger partial charge in [-0.25, -0.2) is 8.42 Å². The molecule has 0 radical (unpaired) electrons. The lowest BCUT2D eigenvalue weighted by Crippen LogP contribution is -2.39. The van der Waals surface area contributed by atoms with Crippen LogP contribution in [0.2, 0.25) is 0 Å². The molecule has 1 saturated heterocycles. The van der Waals surface area contributed by atoms with Gasteiger partial charge < -0.3 is 5.11 Å². The Kier molecular flexibility index (Phi) is 4.51. The number of hydrogen-bond acceptors (Lipinski definition) is 3. The maximum atomic E-state index is 12.7. The van der Waals surface area contributed by atoms with E-state index in [1.807, 2.05) is 6.92 Å². The lowest BCUT2D eigenvalue weighted by Gasteiger charge is -2.25. The molecule has 1 aromatic carbocycles. The number of sulfonamides is 1. The van der Waals surface area contributed by atoms with E-state index >= 15 is 0 Å². The van der Waals surface area contributed by atoms with E-state index in [-0.39, 0.29) is 11.4 Å². The fourth-order valence-electron chi connectivity index (χ4n) is 2.68. The summed E-state index contributed by atoms with van der Waals surface area (Å²) in [6, 6.07) is 6.11.